The number of rotatable bonds is 4. The molecule has 1 heterocycles. The van der Waals surface area contributed by atoms with Crippen molar-refractivity contribution in [2.24, 2.45) is 0 Å². The minimum absolute atomic E-state index is 0.242. The Morgan fingerprint density at radius 1 is 1.00 bits per heavy atom. The Hall–Kier alpha value is -2.95. The monoisotopic (exact) mass is 292 g/mol. The van der Waals surface area contributed by atoms with Crippen molar-refractivity contribution < 1.29 is 4.79 Å². The Labute approximate surface area is 128 Å². The fourth-order valence-electron chi connectivity index (χ4n) is 2.22. The molecule has 0 saturated heterocycles. The van der Waals surface area contributed by atoms with Crippen LogP contribution in [-0.2, 0) is 6.54 Å². The third-order valence-electron chi connectivity index (χ3n) is 3.41. The lowest BCUT2D eigenvalue weighted by atomic mass is 10.1. The van der Waals surface area contributed by atoms with Gasteiger partial charge >= 0.3 is 0 Å². The maximum absolute atomic E-state index is 11.4. The minimum Gasteiger partial charge on any atom is -0.365 e. The number of carbonyl (C=O) groups is 1. The number of hydrogen-bond donors (Lipinski definition) is 2. The summed E-state index contributed by atoms with van der Waals surface area (Å²) in [5.74, 6) is 0.398. The molecule has 0 aliphatic rings. The van der Waals surface area contributed by atoms with Gasteiger partial charge in [-0.2, -0.15) is 0 Å². The van der Waals surface area contributed by atoms with E-state index in [4.69, 9.17) is 0 Å². The molecule has 0 aliphatic carbocycles. The van der Waals surface area contributed by atoms with Gasteiger partial charge in [-0.25, -0.2) is 0 Å². The second-order valence-electron chi connectivity index (χ2n) is 4.92. The predicted molar refractivity (Wildman–Crippen MR) is 86.7 cm³/mol. The Kier molecular flexibility index (Phi) is 3.96. The maximum Gasteiger partial charge on any atom is 0.271 e. The average molecular weight is 292 g/mol. The first kappa shape index (κ1) is 14.0. The SMILES string of the molecule is CNC(=O)c1ccc(NCc2ccc3ccccc3c2)nn1. The van der Waals surface area contributed by atoms with Gasteiger partial charge in [0.2, 0.25) is 0 Å². The zero-order chi connectivity index (χ0) is 15.4. The quantitative estimate of drug-likeness (QED) is 0.775. The molecule has 0 atom stereocenters. The highest BCUT2D eigenvalue weighted by atomic mass is 16.1. The third-order valence-corrected chi connectivity index (χ3v) is 3.41. The van der Waals surface area contributed by atoms with Crippen LogP contribution in [0, 0.1) is 0 Å². The molecule has 0 saturated carbocycles. The van der Waals surface area contributed by atoms with Crippen molar-refractivity contribution in [3.63, 3.8) is 0 Å². The third kappa shape index (κ3) is 3.03. The number of fused-ring (bicyclic) bond motifs is 1. The molecule has 1 amide bonds. The van der Waals surface area contributed by atoms with Crippen LogP contribution < -0.4 is 10.6 Å². The van der Waals surface area contributed by atoms with Crippen LogP contribution in [0.15, 0.2) is 54.6 Å². The van der Waals surface area contributed by atoms with Crippen molar-refractivity contribution in [3.8, 4) is 0 Å². The van der Waals surface area contributed by atoms with Crippen LogP contribution in [0.3, 0.4) is 0 Å². The first-order valence-corrected chi connectivity index (χ1v) is 7.03. The molecular weight excluding hydrogens is 276 g/mol. The fraction of sp³-hybridized carbons (Fsp3) is 0.118. The molecule has 1 aromatic heterocycles. The molecule has 0 radical (unpaired) electrons. The topological polar surface area (TPSA) is 66.9 Å². The number of amides is 1. The van der Waals surface area contributed by atoms with Gasteiger partial charge in [-0.1, -0.05) is 36.4 Å². The molecule has 5 heteroatoms. The summed E-state index contributed by atoms with van der Waals surface area (Å²) >= 11 is 0. The Balaban J connectivity index is 1.69. The van der Waals surface area contributed by atoms with Crippen LogP contribution in [0.2, 0.25) is 0 Å². The lowest BCUT2D eigenvalue weighted by Gasteiger charge is -2.07. The van der Waals surface area contributed by atoms with E-state index in [1.54, 1.807) is 19.2 Å². The first-order chi connectivity index (χ1) is 10.8. The van der Waals surface area contributed by atoms with Crippen LogP contribution in [0.25, 0.3) is 10.8 Å². The smallest absolute Gasteiger partial charge is 0.271 e. The molecule has 2 aromatic carbocycles. The Morgan fingerprint density at radius 2 is 1.82 bits per heavy atom. The van der Waals surface area contributed by atoms with E-state index in [2.05, 4.69) is 51.2 Å². The number of nitrogens with zero attached hydrogens (tertiary/aromatic N) is 2. The summed E-state index contributed by atoms with van der Waals surface area (Å²) < 4.78 is 0. The van der Waals surface area contributed by atoms with Gasteiger partial charge in [0.15, 0.2) is 5.69 Å². The van der Waals surface area contributed by atoms with E-state index in [1.165, 1.54) is 10.8 Å². The van der Waals surface area contributed by atoms with E-state index < -0.39 is 0 Å². The largest absolute Gasteiger partial charge is 0.365 e. The van der Waals surface area contributed by atoms with E-state index in [1.807, 2.05) is 12.1 Å². The van der Waals surface area contributed by atoms with Gasteiger partial charge in [0, 0.05) is 13.6 Å². The molecular formula is C17H16N4O. The second-order valence-corrected chi connectivity index (χ2v) is 4.92. The second kappa shape index (κ2) is 6.22. The highest BCUT2D eigenvalue weighted by molar-refractivity contribution is 5.91. The van der Waals surface area contributed by atoms with Gasteiger partial charge in [-0.05, 0) is 34.5 Å². The zero-order valence-corrected chi connectivity index (χ0v) is 12.2. The molecule has 2 N–H and O–H groups in total. The highest BCUT2D eigenvalue weighted by Crippen LogP contribution is 2.16. The van der Waals surface area contributed by atoms with Gasteiger partial charge < -0.3 is 10.6 Å². The molecule has 3 rings (SSSR count). The van der Waals surface area contributed by atoms with Crippen molar-refractivity contribution in [2.75, 3.05) is 12.4 Å². The van der Waals surface area contributed by atoms with Crippen molar-refractivity contribution in [3.05, 3.63) is 65.9 Å². The first-order valence-electron chi connectivity index (χ1n) is 7.03. The predicted octanol–water partition coefficient (Wildman–Crippen LogP) is 2.60. The molecule has 22 heavy (non-hydrogen) atoms. The van der Waals surface area contributed by atoms with Crippen molar-refractivity contribution >= 4 is 22.5 Å². The summed E-state index contributed by atoms with van der Waals surface area (Å²) in [4.78, 5) is 11.4. The Morgan fingerprint density at radius 3 is 2.55 bits per heavy atom. The van der Waals surface area contributed by atoms with Gasteiger partial charge in [-0.15, -0.1) is 10.2 Å². The summed E-state index contributed by atoms with van der Waals surface area (Å²) in [5.41, 5.74) is 1.47. The molecule has 0 aliphatic heterocycles. The van der Waals surface area contributed by atoms with Gasteiger partial charge in [-0.3, -0.25) is 4.79 Å². The van der Waals surface area contributed by atoms with Gasteiger partial charge in [0.05, 0.1) is 0 Å². The maximum atomic E-state index is 11.4. The molecule has 5 nitrogen and oxygen atoms in total. The Bertz CT molecular complexity index is 799. The van der Waals surface area contributed by atoms with E-state index in [-0.39, 0.29) is 5.91 Å². The standard InChI is InChI=1S/C17H16N4O/c1-18-17(22)15-8-9-16(21-20-15)19-11-12-6-7-13-4-2-3-5-14(13)10-12/h2-10H,11H2,1H3,(H,18,22)(H,19,21). The molecule has 0 bridgehead atoms. The van der Waals surface area contributed by atoms with Crippen LogP contribution in [0.4, 0.5) is 5.82 Å². The zero-order valence-electron chi connectivity index (χ0n) is 12.2. The van der Waals surface area contributed by atoms with Crippen molar-refractivity contribution in [1.82, 2.24) is 15.5 Å². The molecule has 0 spiro atoms. The summed E-state index contributed by atoms with van der Waals surface area (Å²) in [5, 5.41) is 16.0. The van der Waals surface area contributed by atoms with Crippen LogP contribution in [0.1, 0.15) is 16.1 Å². The molecule has 110 valence electrons. The number of aromatic nitrogens is 2. The van der Waals surface area contributed by atoms with Gasteiger partial charge in [0.1, 0.15) is 5.82 Å². The van der Waals surface area contributed by atoms with E-state index in [0.717, 1.165) is 5.56 Å². The van der Waals surface area contributed by atoms with Crippen LogP contribution in [0.5, 0.6) is 0 Å². The molecule has 0 fully saturated rings. The number of hydrogen-bond acceptors (Lipinski definition) is 4. The lowest BCUT2D eigenvalue weighted by Crippen LogP contribution is -2.19. The van der Waals surface area contributed by atoms with Gasteiger partial charge in [0.25, 0.3) is 5.91 Å². The number of carbonyl (C=O) groups excluding carboxylic acids is 1. The van der Waals surface area contributed by atoms with E-state index in [0.29, 0.717) is 18.1 Å². The van der Waals surface area contributed by atoms with Crippen LogP contribution in [-0.4, -0.2) is 23.2 Å². The van der Waals surface area contributed by atoms with E-state index in [9.17, 15) is 4.79 Å². The van der Waals surface area contributed by atoms with Crippen LogP contribution >= 0.6 is 0 Å². The lowest BCUT2D eigenvalue weighted by molar-refractivity contribution is 0.0957. The van der Waals surface area contributed by atoms with Crippen molar-refractivity contribution in [1.29, 1.82) is 0 Å². The van der Waals surface area contributed by atoms with E-state index >= 15 is 0 Å². The summed E-state index contributed by atoms with van der Waals surface area (Å²) in [6.07, 6.45) is 0. The normalized spacial score (nSPS) is 10.4. The summed E-state index contributed by atoms with van der Waals surface area (Å²) in [6.45, 7) is 0.652. The molecule has 0 unspecified atom stereocenters. The summed E-state index contributed by atoms with van der Waals surface area (Å²) in [7, 11) is 1.57. The number of anilines is 1. The van der Waals surface area contributed by atoms with Crippen molar-refractivity contribution in [2.45, 2.75) is 6.54 Å². The number of nitrogens with one attached hydrogen (secondary N) is 2. The molecule has 3 aromatic rings. The fourth-order valence-corrected chi connectivity index (χ4v) is 2.22. The average Bonchev–Trinajstić information content (AvgIpc) is 2.59. The number of benzene rings is 2. The summed E-state index contributed by atoms with van der Waals surface area (Å²) in [6, 6.07) is 18.0. The minimum atomic E-state index is -0.242. The highest BCUT2D eigenvalue weighted by Gasteiger charge is 2.05.